The molecule has 0 spiro atoms. The van der Waals surface area contributed by atoms with Crippen molar-refractivity contribution in [1.82, 2.24) is 19.9 Å². The van der Waals surface area contributed by atoms with Crippen LogP contribution in [0.5, 0.6) is 0 Å². The van der Waals surface area contributed by atoms with Crippen molar-refractivity contribution in [3.63, 3.8) is 0 Å². The Morgan fingerprint density at radius 1 is 1.03 bits per heavy atom. The fourth-order valence-corrected chi connectivity index (χ4v) is 3.52. The quantitative estimate of drug-likeness (QED) is 0.547. The Kier molecular flexibility index (Phi) is 5.38. The normalized spacial score (nSPS) is 12.0. The van der Waals surface area contributed by atoms with Crippen LogP contribution in [-0.4, -0.2) is 20.4 Å². The van der Waals surface area contributed by atoms with Crippen LogP contribution in [0.2, 0.25) is 0 Å². The summed E-state index contributed by atoms with van der Waals surface area (Å²) in [6.07, 6.45) is 1.63. The van der Waals surface area contributed by atoms with Crippen molar-refractivity contribution >= 4 is 17.1 Å². The second kappa shape index (κ2) is 8.14. The van der Waals surface area contributed by atoms with Crippen LogP contribution in [0.15, 0.2) is 65.6 Å². The van der Waals surface area contributed by atoms with Crippen molar-refractivity contribution in [3.05, 3.63) is 93.4 Å². The number of pyridine rings is 1. The Labute approximate surface area is 180 Å². The second-order valence-electron chi connectivity index (χ2n) is 7.79. The summed E-state index contributed by atoms with van der Waals surface area (Å²) in [7, 11) is 1.68. The third-order valence-corrected chi connectivity index (χ3v) is 5.62. The van der Waals surface area contributed by atoms with Gasteiger partial charge < -0.3 is 5.32 Å². The molecule has 0 bridgehead atoms. The third-order valence-electron chi connectivity index (χ3n) is 5.62. The van der Waals surface area contributed by atoms with E-state index in [1.807, 2.05) is 19.1 Å². The van der Waals surface area contributed by atoms with E-state index in [0.29, 0.717) is 28.0 Å². The zero-order valence-electron chi connectivity index (χ0n) is 18.0. The van der Waals surface area contributed by atoms with Crippen LogP contribution >= 0.6 is 0 Å². The molecule has 156 valence electrons. The smallest absolute Gasteiger partial charge is 0.278 e. The number of hydrogen-bond acceptors (Lipinski definition) is 4. The lowest BCUT2D eigenvalue weighted by atomic mass is 10.0. The van der Waals surface area contributed by atoms with Gasteiger partial charge in [0.2, 0.25) is 0 Å². The minimum atomic E-state index is -0.230. The fourth-order valence-electron chi connectivity index (χ4n) is 3.52. The number of nitrogens with one attached hydrogen (secondary N) is 1. The van der Waals surface area contributed by atoms with E-state index in [4.69, 9.17) is 0 Å². The molecule has 0 saturated carbocycles. The molecule has 0 radical (unpaired) electrons. The van der Waals surface area contributed by atoms with E-state index in [1.54, 1.807) is 43.6 Å². The number of carbonyl (C=O) groups excluding carboxylic acids is 1. The number of nitrogens with zero attached hydrogens (tertiary/aromatic N) is 3. The summed E-state index contributed by atoms with van der Waals surface area (Å²) in [4.78, 5) is 34.2. The van der Waals surface area contributed by atoms with E-state index >= 15 is 0 Å². The molecule has 0 saturated heterocycles. The summed E-state index contributed by atoms with van der Waals surface area (Å²) in [6, 6.07) is 16.6. The minimum absolute atomic E-state index is 0.117. The standard InChI is InChI=1S/C25H24N4O2/c1-15-7-8-20(14-16(15)2)17(3)27-24(30)19-11-9-18(10-12-19)22-25(31)29(4)23-21(28-22)6-5-13-26-23/h5-14,17H,1-4H3,(H,27,30)/t17-/m1/s1. The SMILES string of the molecule is Cc1ccc([C@@H](C)NC(=O)c2ccc(-c3nc4cccnc4n(C)c3=O)cc2)cc1C. The van der Waals surface area contributed by atoms with E-state index in [0.717, 1.165) is 5.56 Å². The molecule has 6 nitrogen and oxygen atoms in total. The van der Waals surface area contributed by atoms with Crippen LogP contribution in [0.25, 0.3) is 22.4 Å². The first-order chi connectivity index (χ1) is 14.8. The highest BCUT2D eigenvalue weighted by molar-refractivity contribution is 5.95. The average molecular weight is 412 g/mol. The van der Waals surface area contributed by atoms with Gasteiger partial charge in [-0.1, -0.05) is 30.3 Å². The predicted molar refractivity (Wildman–Crippen MR) is 122 cm³/mol. The van der Waals surface area contributed by atoms with Gasteiger partial charge in [-0.3, -0.25) is 14.2 Å². The Balaban J connectivity index is 1.57. The third kappa shape index (κ3) is 3.97. The van der Waals surface area contributed by atoms with Gasteiger partial charge in [-0.25, -0.2) is 9.97 Å². The van der Waals surface area contributed by atoms with Gasteiger partial charge in [0, 0.05) is 24.4 Å². The summed E-state index contributed by atoms with van der Waals surface area (Å²) in [5, 5.41) is 3.03. The van der Waals surface area contributed by atoms with Gasteiger partial charge in [0.25, 0.3) is 11.5 Å². The van der Waals surface area contributed by atoms with E-state index in [2.05, 4.69) is 41.3 Å². The van der Waals surface area contributed by atoms with Crippen molar-refractivity contribution in [3.8, 4) is 11.3 Å². The molecule has 31 heavy (non-hydrogen) atoms. The molecule has 1 amide bonds. The zero-order chi connectivity index (χ0) is 22.1. The Hall–Kier alpha value is -3.80. The van der Waals surface area contributed by atoms with E-state index in [-0.39, 0.29) is 17.5 Å². The average Bonchev–Trinajstić information content (AvgIpc) is 2.78. The van der Waals surface area contributed by atoms with Gasteiger partial charge in [0.05, 0.1) is 6.04 Å². The molecular weight excluding hydrogens is 388 g/mol. The molecule has 2 aromatic heterocycles. The lowest BCUT2D eigenvalue weighted by Crippen LogP contribution is -2.26. The number of benzene rings is 2. The lowest BCUT2D eigenvalue weighted by molar-refractivity contribution is 0.0940. The molecule has 0 fully saturated rings. The summed E-state index contributed by atoms with van der Waals surface area (Å²) in [5.74, 6) is -0.166. The highest BCUT2D eigenvalue weighted by atomic mass is 16.1. The zero-order valence-corrected chi connectivity index (χ0v) is 18.0. The van der Waals surface area contributed by atoms with E-state index < -0.39 is 0 Å². The molecule has 2 heterocycles. The first kappa shape index (κ1) is 20.5. The predicted octanol–water partition coefficient (Wildman–Crippen LogP) is 4.10. The molecule has 0 aliphatic carbocycles. The summed E-state index contributed by atoms with van der Waals surface area (Å²) in [6.45, 7) is 6.10. The Morgan fingerprint density at radius 2 is 1.77 bits per heavy atom. The van der Waals surface area contributed by atoms with Crippen molar-refractivity contribution in [2.75, 3.05) is 0 Å². The number of fused-ring (bicyclic) bond motifs is 1. The lowest BCUT2D eigenvalue weighted by Gasteiger charge is -2.16. The van der Waals surface area contributed by atoms with Gasteiger partial charge in [0.15, 0.2) is 5.65 Å². The molecular formula is C25H24N4O2. The molecule has 1 atom stereocenters. The summed E-state index contributed by atoms with van der Waals surface area (Å²) >= 11 is 0. The Morgan fingerprint density at radius 3 is 2.48 bits per heavy atom. The fraction of sp³-hybridized carbons (Fsp3) is 0.200. The maximum Gasteiger partial charge on any atom is 0.278 e. The van der Waals surface area contributed by atoms with Crippen LogP contribution in [0.4, 0.5) is 0 Å². The van der Waals surface area contributed by atoms with Crippen LogP contribution in [-0.2, 0) is 7.05 Å². The molecule has 0 aliphatic heterocycles. The van der Waals surface area contributed by atoms with Gasteiger partial charge >= 0.3 is 0 Å². The number of amides is 1. The minimum Gasteiger partial charge on any atom is -0.346 e. The van der Waals surface area contributed by atoms with Crippen LogP contribution in [0.1, 0.15) is 40.0 Å². The van der Waals surface area contributed by atoms with E-state index in [1.165, 1.54) is 15.7 Å². The highest BCUT2D eigenvalue weighted by Crippen LogP contribution is 2.19. The van der Waals surface area contributed by atoms with Crippen molar-refractivity contribution in [2.45, 2.75) is 26.8 Å². The molecule has 6 heteroatoms. The highest BCUT2D eigenvalue weighted by Gasteiger charge is 2.14. The number of carbonyl (C=O) groups is 1. The van der Waals surface area contributed by atoms with Crippen molar-refractivity contribution in [2.24, 2.45) is 7.05 Å². The topological polar surface area (TPSA) is 76.9 Å². The number of aromatic nitrogens is 3. The van der Waals surface area contributed by atoms with E-state index in [9.17, 15) is 9.59 Å². The van der Waals surface area contributed by atoms with Crippen LogP contribution < -0.4 is 10.9 Å². The second-order valence-corrected chi connectivity index (χ2v) is 7.79. The van der Waals surface area contributed by atoms with Crippen LogP contribution in [0, 0.1) is 13.8 Å². The molecule has 4 aromatic rings. The van der Waals surface area contributed by atoms with Crippen molar-refractivity contribution < 1.29 is 4.79 Å². The summed E-state index contributed by atoms with van der Waals surface area (Å²) in [5.41, 5.74) is 5.94. The monoisotopic (exact) mass is 412 g/mol. The van der Waals surface area contributed by atoms with Gasteiger partial charge in [-0.2, -0.15) is 0 Å². The number of hydrogen-bond donors (Lipinski definition) is 1. The first-order valence-corrected chi connectivity index (χ1v) is 10.2. The summed E-state index contributed by atoms with van der Waals surface area (Å²) < 4.78 is 1.49. The molecule has 4 rings (SSSR count). The molecule has 0 unspecified atom stereocenters. The number of aryl methyl sites for hydroxylation is 3. The molecule has 1 N–H and O–H groups in total. The van der Waals surface area contributed by atoms with Crippen molar-refractivity contribution in [1.29, 1.82) is 0 Å². The largest absolute Gasteiger partial charge is 0.346 e. The number of rotatable bonds is 4. The molecule has 2 aromatic carbocycles. The van der Waals surface area contributed by atoms with Gasteiger partial charge in [-0.15, -0.1) is 0 Å². The van der Waals surface area contributed by atoms with Crippen LogP contribution in [0.3, 0.4) is 0 Å². The first-order valence-electron chi connectivity index (χ1n) is 10.2. The maximum absolute atomic E-state index is 12.7. The Bertz CT molecular complexity index is 1340. The maximum atomic E-state index is 12.7. The molecule has 0 aliphatic rings. The van der Waals surface area contributed by atoms with Gasteiger partial charge in [0.1, 0.15) is 11.2 Å². The van der Waals surface area contributed by atoms with Gasteiger partial charge in [-0.05, 0) is 61.7 Å².